The molecule has 0 N–H and O–H groups in total. The number of rotatable bonds is 7. The second kappa shape index (κ2) is 7.27. The summed E-state index contributed by atoms with van der Waals surface area (Å²) in [5.41, 5.74) is -0.0860. The average Bonchev–Trinajstić information content (AvgIpc) is 2.90. The van der Waals surface area contributed by atoms with Crippen molar-refractivity contribution >= 4 is 13.6 Å². The Hall–Kier alpha value is -1.36. The van der Waals surface area contributed by atoms with Crippen LogP contribution < -0.4 is 4.74 Å². The summed E-state index contributed by atoms with van der Waals surface area (Å²) in [7, 11) is -1.99. The van der Waals surface area contributed by atoms with E-state index >= 15 is 0 Å². The first-order chi connectivity index (χ1) is 10.6. The lowest BCUT2D eigenvalue weighted by atomic mass is 9.98. The highest BCUT2D eigenvalue weighted by Crippen LogP contribution is 2.59. The van der Waals surface area contributed by atoms with Crippen LogP contribution in [0.1, 0.15) is 25.3 Å². The summed E-state index contributed by atoms with van der Waals surface area (Å²) in [6.45, 7) is 4.01. The van der Waals surface area contributed by atoms with E-state index in [1.165, 1.54) is 0 Å². The third-order valence-electron chi connectivity index (χ3n) is 3.53. The summed E-state index contributed by atoms with van der Waals surface area (Å²) < 4.78 is 33.9. The minimum Gasteiger partial charge on any atom is -0.497 e. The Labute approximate surface area is 130 Å². The molecule has 0 amide bonds. The lowest BCUT2D eigenvalue weighted by molar-refractivity contribution is -0.137. The summed E-state index contributed by atoms with van der Waals surface area (Å²) in [6, 6.07) is 7.25. The van der Waals surface area contributed by atoms with E-state index in [1.807, 2.05) is 12.1 Å². The van der Waals surface area contributed by atoms with Crippen molar-refractivity contribution in [1.29, 1.82) is 0 Å². The summed E-state index contributed by atoms with van der Waals surface area (Å²) in [5, 5.41) is 0. The van der Waals surface area contributed by atoms with E-state index in [9.17, 15) is 9.36 Å². The normalized spacial score (nSPS) is 21.7. The van der Waals surface area contributed by atoms with Gasteiger partial charge in [0.15, 0.2) is 5.66 Å². The lowest BCUT2D eigenvalue weighted by Gasteiger charge is -2.24. The topological polar surface area (TPSA) is 71.1 Å². The third-order valence-corrected chi connectivity index (χ3v) is 6.02. The maximum atomic E-state index is 13.0. The molecule has 7 heteroatoms. The maximum Gasteiger partial charge on any atom is 0.345 e. The zero-order valence-corrected chi connectivity index (χ0v) is 13.9. The van der Waals surface area contributed by atoms with Crippen molar-refractivity contribution in [2.45, 2.75) is 25.4 Å². The van der Waals surface area contributed by atoms with Gasteiger partial charge in [0.25, 0.3) is 0 Å². The standard InChI is InChI=1S/C15H21O6P/c1-4-20-22(17,21-5-2)14-13(10-19-15(14)16)11-6-8-12(18-3)9-7-11/h6-9,13-14H,4-5,10H2,1-3H3/t13-,14-/m0/s1. The van der Waals surface area contributed by atoms with Gasteiger partial charge in [0, 0.05) is 5.92 Å². The van der Waals surface area contributed by atoms with Crippen molar-refractivity contribution < 1.29 is 27.9 Å². The summed E-state index contributed by atoms with van der Waals surface area (Å²) >= 11 is 0. The van der Waals surface area contributed by atoms with Crippen molar-refractivity contribution in [3.05, 3.63) is 29.8 Å². The molecule has 0 aliphatic carbocycles. The predicted octanol–water partition coefficient (Wildman–Crippen LogP) is 2.97. The molecule has 6 nitrogen and oxygen atoms in total. The molecule has 0 unspecified atom stereocenters. The van der Waals surface area contributed by atoms with Gasteiger partial charge in [-0.3, -0.25) is 9.36 Å². The van der Waals surface area contributed by atoms with Crippen LogP contribution in [0.4, 0.5) is 0 Å². The van der Waals surface area contributed by atoms with Gasteiger partial charge >= 0.3 is 13.6 Å². The zero-order chi connectivity index (χ0) is 16.2. The maximum absolute atomic E-state index is 13.0. The molecule has 1 aromatic rings. The van der Waals surface area contributed by atoms with Crippen LogP contribution in [0, 0.1) is 0 Å². The highest BCUT2D eigenvalue weighted by atomic mass is 31.2. The number of ether oxygens (including phenoxy) is 2. The fourth-order valence-electron chi connectivity index (χ4n) is 2.55. The fourth-order valence-corrected chi connectivity index (χ4v) is 4.70. The second-order valence-corrected chi connectivity index (χ2v) is 6.98. The largest absolute Gasteiger partial charge is 0.497 e. The average molecular weight is 328 g/mol. The smallest absolute Gasteiger partial charge is 0.345 e. The van der Waals surface area contributed by atoms with Crippen molar-refractivity contribution in [3.63, 3.8) is 0 Å². The van der Waals surface area contributed by atoms with Gasteiger partial charge in [-0.15, -0.1) is 0 Å². The fraction of sp³-hybridized carbons (Fsp3) is 0.533. The molecule has 1 aromatic carbocycles. The Bertz CT molecular complexity index is 546. The highest BCUT2D eigenvalue weighted by Gasteiger charge is 2.52. The van der Waals surface area contributed by atoms with Gasteiger partial charge < -0.3 is 18.5 Å². The Kier molecular flexibility index (Phi) is 5.62. The monoisotopic (exact) mass is 328 g/mol. The van der Waals surface area contributed by atoms with E-state index in [1.54, 1.807) is 33.1 Å². The highest BCUT2D eigenvalue weighted by molar-refractivity contribution is 7.55. The number of esters is 1. The first-order valence-corrected chi connectivity index (χ1v) is 8.86. The molecule has 1 fully saturated rings. The third kappa shape index (κ3) is 3.35. The first-order valence-electron chi connectivity index (χ1n) is 7.25. The Morgan fingerprint density at radius 3 is 2.27 bits per heavy atom. The van der Waals surface area contributed by atoms with E-state index in [0.717, 1.165) is 5.56 Å². The van der Waals surface area contributed by atoms with Gasteiger partial charge in [0.2, 0.25) is 0 Å². The van der Waals surface area contributed by atoms with Gasteiger partial charge in [-0.2, -0.15) is 0 Å². The van der Waals surface area contributed by atoms with E-state index in [4.69, 9.17) is 18.5 Å². The molecule has 2 rings (SSSR count). The minimum atomic E-state index is -3.57. The molecule has 1 aliphatic rings. The molecule has 2 atom stereocenters. The van der Waals surface area contributed by atoms with Crippen molar-refractivity contribution in [3.8, 4) is 5.75 Å². The van der Waals surface area contributed by atoms with E-state index in [-0.39, 0.29) is 25.7 Å². The van der Waals surface area contributed by atoms with Crippen LogP contribution in [0.5, 0.6) is 5.75 Å². The van der Waals surface area contributed by atoms with Crippen LogP contribution in [0.3, 0.4) is 0 Å². The van der Waals surface area contributed by atoms with E-state index in [0.29, 0.717) is 5.75 Å². The van der Waals surface area contributed by atoms with Crippen molar-refractivity contribution in [1.82, 2.24) is 0 Å². The number of hydrogen-bond acceptors (Lipinski definition) is 6. The molecular formula is C15H21O6P. The quantitative estimate of drug-likeness (QED) is 0.566. The molecule has 0 saturated carbocycles. The summed E-state index contributed by atoms with van der Waals surface area (Å²) in [5.74, 6) is -0.184. The minimum absolute atomic E-state index is 0.167. The molecular weight excluding hydrogens is 307 g/mol. The Balaban J connectivity index is 2.33. The van der Waals surface area contributed by atoms with Crippen LogP contribution in [0.15, 0.2) is 24.3 Å². The number of benzene rings is 1. The Morgan fingerprint density at radius 2 is 1.77 bits per heavy atom. The SMILES string of the molecule is CCOP(=O)(OCC)[C@@H]1C(=O)OC[C@H]1c1ccc(OC)cc1. The molecule has 0 aromatic heterocycles. The van der Waals surface area contributed by atoms with Crippen LogP contribution >= 0.6 is 7.60 Å². The molecule has 0 radical (unpaired) electrons. The van der Waals surface area contributed by atoms with Crippen LogP contribution in [0.25, 0.3) is 0 Å². The van der Waals surface area contributed by atoms with Crippen LogP contribution in [0.2, 0.25) is 0 Å². The molecule has 1 aliphatic heterocycles. The number of carbonyl (C=O) groups is 1. The van der Waals surface area contributed by atoms with Gasteiger partial charge in [-0.1, -0.05) is 12.1 Å². The van der Waals surface area contributed by atoms with Gasteiger partial charge in [0.1, 0.15) is 5.75 Å². The van der Waals surface area contributed by atoms with Gasteiger partial charge in [-0.25, -0.2) is 0 Å². The lowest BCUT2D eigenvalue weighted by Crippen LogP contribution is -2.24. The van der Waals surface area contributed by atoms with Gasteiger partial charge in [-0.05, 0) is 31.5 Å². The molecule has 0 bridgehead atoms. The van der Waals surface area contributed by atoms with E-state index < -0.39 is 19.2 Å². The number of hydrogen-bond donors (Lipinski definition) is 0. The summed E-state index contributed by atoms with van der Waals surface area (Å²) in [4.78, 5) is 12.1. The second-order valence-electron chi connectivity index (χ2n) is 4.83. The molecule has 122 valence electrons. The molecule has 1 saturated heterocycles. The number of methoxy groups -OCH3 is 1. The van der Waals surface area contributed by atoms with Crippen LogP contribution in [-0.4, -0.2) is 38.6 Å². The predicted molar refractivity (Wildman–Crippen MR) is 81.3 cm³/mol. The van der Waals surface area contributed by atoms with Crippen LogP contribution in [-0.2, 0) is 23.1 Å². The first kappa shape index (κ1) is 17.0. The molecule has 22 heavy (non-hydrogen) atoms. The molecule has 1 heterocycles. The van der Waals surface area contributed by atoms with Gasteiger partial charge in [0.05, 0.1) is 26.9 Å². The number of carbonyl (C=O) groups excluding carboxylic acids is 1. The Morgan fingerprint density at radius 1 is 1.18 bits per heavy atom. The zero-order valence-electron chi connectivity index (χ0n) is 13.0. The van der Waals surface area contributed by atoms with Crippen molar-refractivity contribution in [2.75, 3.05) is 26.9 Å². The summed E-state index contributed by atoms with van der Waals surface area (Å²) in [6.07, 6.45) is 0. The van der Waals surface area contributed by atoms with E-state index in [2.05, 4.69) is 0 Å². The van der Waals surface area contributed by atoms with Crippen molar-refractivity contribution in [2.24, 2.45) is 0 Å². The molecule has 0 spiro atoms. The number of cyclic esters (lactones) is 1.